The van der Waals surface area contributed by atoms with Gasteiger partial charge in [0.1, 0.15) is 12.3 Å². The molecule has 5 rings (SSSR count). The van der Waals surface area contributed by atoms with Crippen molar-refractivity contribution in [3.8, 4) is 5.88 Å². The first-order valence-corrected chi connectivity index (χ1v) is 11.0. The lowest BCUT2D eigenvalue weighted by atomic mass is 10.1. The molecule has 0 bridgehead atoms. The highest BCUT2D eigenvalue weighted by molar-refractivity contribution is 5.87. The van der Waals surface area contributed by atoms with Crippen molar-refractivity contribution >= 4 is 22.7 Å². The lowest BCUT2D eigenvalue weighted by Crippen LogP contribution is -2.45. The fourth-order valence-electron chi connectivity index (χ4n) is 4.27. The molecular weight excluding hydrogens is 422 g/mol. The van der Waals surface area contributed by atoms with E-state index in [1.807, 2.05) is 25.1 Å². The van der Waals surface area contributed by atoms with Gasteiger partial charge in [0.25, 0.3) is 5.56 Å². The zero-order chi connectivity index (χ0) is 22.9. The smallest absolute Gasteiger partial charge is 0.356 e. The summed E-state index contributed by atoms with van der Waals surface area (Å²) in [5.74, 6) is 0.162. The maximum atomic E-state index is 12.3. The Morgan fingerprint density at radius 3 is 2.82 bits per heavy atom. The molecular formula is C24H25N5O4. The Balaban J connectivity index is 1.38. The number of carbonyl (C=O) groups is 1. The van der Waals surface area contributed by atoms with E-state index in [0.29, 0.717) is 43.3 Å². The minimum atomic E-state index is -0.446. The van der Waals surface area contributed by atoms with Gasteiger partial charge in [-0.3, -0.25) is 4.79 Å². The van der Waals surface area contributed by atoms with Crippen molar-refractivity contribution in [3.05, 3.63) is 69.4 Å². The Morgan fingerprint density at radius 2 is 2.06 bits per heavy atom. The molecule has 5 heterocycles. The number of hydrogen-bond acceptors (Lipinski definition) is 8. The third kappa shape index (κ3) is 4.02. The minimum absolute atomic E-state index is 0.0699. The van der Waals surface area contributed by atoms with Crippen LogP contribution in [-0.4, -0.2) is 59.2 Å². The molecule has 3 aromatic heterocycles. The molecule has 33 heavy (non-hydrogen) atoms. The number of methoxy groups -OCH3 is 1. The molecule has 1 saturated heterocycles. The maximum Gasteiger partial charge on any atom is 0.356 e. The molecule has 1 N–H and O–H groups in total. The summed E-state index contributed by atoms with van der Waals surface area (Å²) < 4.78 is 10.7. The summed E-state index contributed by atoms with van der Waals surface area (Å²) in [6.45, 7) is 5.34. The highest BCUT2D eigenvalue weighted by atomic mass is 16.5. The number of piperazine rings is 1. The zero-order valence-corrected chi connectivity index (χ0v) is 18.6. The number of pyridine rings is 3. The van der Waals surface area contributed by atoms with Crippen molar-refractivity contribution in [2.24, 2.45) is 0 Å². The van der Waals surface area contributed by atoms with Crippen LogP contribution >= 0.6 is 0 Å². The third-order valence-corrected chi connectivity index (χ3v) is 6.13. The van der Waals surface area contributed by atoms with E-state index in [4.69, 9.17) is 14.5 Å². The second-order valence-electron chi connectivity index (χ2n) is 8.11. The number of aryl methyl sites for hydroxylation is 1. The number of nitrogens with zero attached hydrogens (tertiary/aromatic N) is 4. The van der Waals surface area contributed by atoms with Gasteiger partial charge in [0.15, 0.2) is 0 Å². The number of anilines is 1. The first kappa shape index (κ1) is 21.0. The Labute approximate surface area is 190 Å². The molecule has 3 aromatic rings. The van der Waals surface area contributed by atoms with Crippen molar-refractivity contribution < 1.29 is 14.3 Å². The van der Waals surface area contributed by atoms with E-state index in [1.165, 1.54) is 7.11 Å². The van der Waals surface area contributed by atoms with Crippen molar-refractivity contribution in [1.29, 1.82) is 0 Å². The first-order chi connectivity index (χ1) is 16.1. The van der Waals surface area contributed by atoms with Gasteiger partial charge in [-0.05, 0) is 36.8 Å². The number of fused-ring (bicyclic) bond motifs is 3. The van der Waals surface area contributed by atoms with Gasteiger partial charge in [0.05, 0.1) is 36.6 Å². The van der Waals surface area contributed by atoms with Crippen LogP contribution in [0.2, 0.25) is 0 Å². The normalized spacial score (nSPS) is 17.2. The fraction of sp³-hybridized carbons (Fsp3) is 0.333. The number of carbonyl (C=O) groups excluding carboxylic acids is 1. The highest BCUT2D eigenvalue weighted by Gasteiger charge is 2.25. The molecule has 0 atom stereocenters. The number of H-pyrrole nitrogens is 1. The summed E-state index contributed by atoms with van der Waals surface area (Å²) in [5, 5.41) is 0. The molecule has 0 aromatic carbocycles. The van der Waals surface area contributed by atoms with Crippen molar-refractivity contribution in [3.63, 3.8) is 0 Å². The second kappa shape index (κ2) is 8.57. The lowest BCUT2D eigenvalue weighted by molar-refractivity contribution is 0.0594. The van der Waals surface area contributed by atoms with Crippen LogP contribution in [0.5, 0.6) is 5.88 Å². The molecule has 0 amide bonds. The number of aromatic amines is 1. The molecule has 2 aliphatic rings. The maximum absolute atomic E-state index is 12.3. The van der Waals surface area contributed by atoms with Crippen molar-refractivity contribution in [2.45, 2.75) is 19.9 Å². The topological polar surface area (TPSA) is 101 Å². The standard InChI is InChI=1S/C24H25N5O4/c1-3-15-10-21-20(26-22(15)30)11-16-13-28-7-8-29(14-18(28)6-9-33-23(16)27-21)17-4-5-19(25-12-17)24(31)32-2/h4-6,10-12H,3,7-9,13-14H2,1-2H3,(H,26,30)/b18-6-. The summed E-state index contributed by atoms with van der Waals surface area (Å²) in [6, 6.07) is 7.39. The monoisotopic (exact) mass is 447 g/mol. The summed E-state index contributed by atoms with van der Waals surface area (Å²) in [7, 11) is 1.34. The molecule has 2 aliphatic heterocycles. The van der Waals surface area contributed by atoms with E-state index in [2.05, 4.69) is 25.8 Å². The summed E-state index contributed by atoms with van der Waals surface area (Å²) in [6.07, 6.45) is 4.44. The van der Waals surface area contributed by atoms with E-state index >= 15 is 0 Å². The van der Waals surface area contributed by atoms with E-state index in [0.717, 1.165) is 41.1 Å². The molecule has 170 valence electrons. The van der Waals surface area contributed by atoms with Crippen LogP contribution in [0.15, 0.2) is 47.0 Å². The summed E-state index contributed by atoms with van der Waals surface area (Å²) in [4.78, 5) is 40.3. The van der Waals surface area contributed by atoms with E-state index in [-0.39, 0.29) is 5.56 Å². The SMILES string of the molecule is CCc1cc2nc3c(cc2[nH]c1=O)CN1CCN(c2ccc(C(=O)OC)nc2)C/C1=C/CO3. The molecule has 0 radical (unpaired) electrons. The van der Waals surface area contributed by atoms with Gasteiger partial charge in [-0.1, -0.05) is 6.92 Å². The first-order valence-electron chi connectivity index (χ1n) is 11.0. The van der Waals surface area contributed by atoms with Crippen LogP contribution in [0.25, 0.3) is 11.0 Å². The van der Waals surface area contributed by atoms with Gasteiger partial charge < -0.3 is 24.3 Å². The minimum Gasteiger partial charge on any atom is -0.473 e. The average molecular weight is 447 g/mol. The lowest BCUT2D eigenvalue weighted by Gasteiger charge is -2.40. The molecule has 0 saturated carbocycles. The molecule has 0 unspecified atom stereocenters. The molecule has 9 nitrogen and oxygen atoms in total. The number of rotatable bonds is 3. The Hall–Kier alpha value is -3.88. The fourth-order valence-corrected chi connectivity index (χ4v) is 4.27. The van der Waals surface area contributed by atoms with Crippen LogP contribution in [0, 0.1) is 0 Å². The predicted molar refractivity (Wildman–Crippen MR) is 124 cm³/mol. The number of hydrogen-bond donors (Lipinski definition) is 1. The number of ether oxygens (including phenoxy) is 2. The number of aromatic nitrogens is 3. The Morgan fingerprint density at radius 1 is 1.21 bits per heavy atom. The molecule has 0 aliphatic carbocycles. The van der Waals surface area contributed by atoms with Crippen LogP contribution < -0.4 is 15.2 Å². The van der Waals surface area contributed by atoms with E-state index < -0.39 is 5.97 Å². The van der Waals surface area contributed by atoms with Gasteiger partial charge in [-0.25, -0.2) is 14.8 Å². The second-order valence-corrected chi connectivity index (χ2v) is 8.11. The van der Waals surface area contributed by atoms with Crippen LogP contribution in [0.1, 0.15) is 28.5 Å². The molecule has 0 spiro atoms. The Bertz CT molecular complexity index is 1300. The van der Waals surface area contributed by atoms with Crippen molar-refractivity contribution in [2.75, 3.05) is 38.3 Å². The van der Waals surface area contributed by atoms with E-state index in [1.54, 1.807) is 12.3 Å². The third-order valence-electron chi connectivity index (χ3n) is 6.13. The quantitative estimate of drug-likeness (QED) is 0.611. The van der Waals surface area contributed by atoms with Gasteiger partial charge >= 0.3 is 5.97 Å². The van der Waals surface area contributed by atoms with Crippen LogP contribution in [0.4, 0.5) is 5.69 Å². The number of esters is 1. The average Bonchev–Trinajstić information content (AvgIpc) is 2.83. The van der Waals surface area contributed by atoms with Gasteiger partial charge in [-0.15, -0.1) is 0 Å². The molecule has 9 heteroatoms. The predicted octanol–water partition coefficient (Wildman–Crippen LogP) is 2.27. The highest BCUT2D eigenvalue weighted by Crippen LogP contribution is 2.28. The molecule has 1 fully saturated rings. The van der Waals surface area contributed by atoms with Gasteiger partial charge in [0, 0.05) is 36.5 Å². The van der Waals surface area contributed by atoms with Crippen molar-refractivity contribution in [1.82, 2.24) is 19.9 Å². The van der Waals surface area contributed by atoms with Crippen LogP contribution in [0.3, 0.4) is 0 Å². The Kier molecular flexibility index (Phi) is 5.45. The van der Waals surface area contributed by atoms with E-state index in [9.17, 15) is 9.59 Å². The van der Waals surface area contributed by atoms with Crippen LogP contribution in [-0.2, 0) is 17.7 Å². The summed E-state index contributed by atoms with van der Waals surface area (Å²) in [5.41, 5.74) is 5.45. The van der Waals surface area contributed by atoms with Gasteiger partial charge in [0.2, 0.25) is 5.88 Å². The largest absolute Gasteiger partial charge is 0.473 e. The van der Waals surface area contributed by atoms with Gasteiger partial charge in [-0.2, -0.15) is 0 Å². The zero-order valence-electron chi connectivity index (χ0n) is 18.6. The number of nitrogens with one attached hydrogen (secondary N) is 1. The summed E-state index contributed by atoms with van der Waals surface area (Å²) >= 11 is 0.